The lowest BCUT2D eigenvalue weighted by Crippen LogP contribution is -2.11. The summed E-state index contributed by atoms with van der Waals surface area (Å²) in [5.41, 5.74) is 0.513. The zero-order valence-corrected chi connectivity index (χ0v) is 10.1. The Bertz CT molecular complexity index is 102. The second-order valence-corrected chi connectivity index (χ2v) is 5.99. The van der Waals surface area contributed by atoms with Gasteiger partial charge < -0.3 is 0 Å². The average molecular weight is 188 g/mol. The van der Waals surface area contributed by atoms with Gasteiger partial charge in [-0.1, -0.05) is 27.7 Å². The lowest BCUT2D eigenvalue weighted by atomic mass is 9.84. The Kier molecular flexibility index (Phi) is 6.08. The summed E-state index contributed by atoms with van der Waals surface area (Å²) in [5, 5.41) is 0. The van der Waals surface area contributed by atoms with Crippen LogP contribution in [-0.4, -0.2) is 12.0 Å². The van der Waals surface area contributed by atoms with Gasteiger partial charge in [0.25, 0.3) is 0 Å². The van der Waals surface area contributed by atoms with Crippen molar-refractivity contribution >= 4 is 11.8 Å². The van der Waals surface area contributed by atoms with Gasteiger partial charge in [-0.2, -0.15) is 11.8 Å². The second kappa shape index (κ2) is 5.90. The van der Waals surface area contributed by atoms with Crippen molar-refractivity contribution in [3.05, 3.63) is 0 Å². The first-order valence-corrected chi connectivity index (χ1v) is 6.34. The predicted octanol–water partition coefficient (Wildman–Crippen LogP) is 4.20. The maximum Gasteiger partial charge on any atom is -0.00702 e. The van der Waals surface area contributed by atoms with E-state index in [9.17, 15) is 0 Å². The summed E-state index contributed by atoms with van der Waals surface area (Å²) >= 11 is 1.96. The van der Waals surface area contributed by atoms with Crippen LogP contribution in [0.1, 0.15) is 47.0 Å². The van der Waals surface area contributed by atoms with Crippen molar-refractivity contribution in [1.29, 1.82) is 0 Å². The molecule has 0 rings (SSSR count). The first kappa shape index (κ1) is 12.3. The third-order valence-corrected chi connectivity index (χ3v) is 2.70. The minimum absolute atomic E-state index is 0.513. The SMILES string of the molecule is CSCCCC(C)CC(C)(C)C. The summed E-state index contributed by atoms with van der Waals surface area (Å²) in [6, 6.07) is 0. The third kappa shape index (κ3) is 8.45. The van der Waals surface area contributed by atoms with Crippen LogP contribution in [0.3, 0.4) is 0 Å². The average Bonchev–Trinajstić information content (AvgIpc) is 1.84. The van der Waals surface area contributed by atoms with Crippen LogP contribution in [0.25, 0.3) is 0 Å². The van der Waals surface area contributed by atoms with Crippen molar-refractivity contribution in [2.45, 2.75) is 47.0 Å². The summed E-state index contributed by atoms with van der Waals surface area (Å²) in [7, 11) is 0. The maximum atomic E-state index is 2.38. The number of hydrogen-bond donors (Lipinski definition) is 0. The topological polar surface area (TPSA) is 0 Å². The molecule has 0 heterocycles. The lowest BCUT2D eigenvalue weighted by Gasteiger charge is -2.22. The highest BCUT2D eigenvalue weighted by atomic mass is 32.2. The minimum Gasteiger partial charge on any atom is -0.165 e. The van der Waals surface area contributed by atoms with Crippen LogP contribution >= 0.6 is 11.8 Å². The molecule has 1 heteroatoms. The molecule has 0 amide bonds. The maximum absolute atomic E-state index is 2.38. The van der Waals surface area contributed by atoms with Gasteiger partial charge in [-0.05, 0) is 42.6 Å². The Morgan fingerprint density at radius 1 is 1.25 bits per heavy atom. The molecule has 0 aromatic heterocycles. The van der Waals surface area contributed by atoms with E-state index in [1.54, 1.807) is 0 Å². The number of hydrogen-bond acceptors (Lipinski definition) is 1. The highest BCUT2D eigenvalue weighted by Gasteiger charge is 2.14. The molecule has 0 saturated heterocycles. The van der Waals surface area contributed by atoms with E-state index in [0.717, 1.165) is 5.92 Å². The molecule has 12 heavy (non-hydrogen) atoms. The van der Waals surface area contributed by atoms with Crippen LogP contribution in [-0.2, 0) is 0 Å². The van der Waals surface area contributed by atoms with Crippen LogP contribution < -0.4 is 0 Å². The number of thioether (sulfide) groups is 1. The molecule has 0 aromatic rings. The first-order chi connectivity index (χ1) is 5.45. The van der Waals surface area contributed by atoms with E-state index in [1.165, 1.54) is 25.0 Å². The van der Waals surface area contributed by atoms with Gasteiger partial charge in [-0.15, -0.1) is 0 Å². The summed E-state index contributed by atoms with van der Waals surface area (Å²) in [6.07, 6.45) is 6.34. The quantitative estimate of drug-likeness (QED) is 0.583. The largest absolute Gasteiger partial charge is 0.165 e. The van der Waals surface area contributed by atoms with Crippen LogP contribution in [0.15, 0.2) is 0 Å². The Balaban J connectivity index is 3.40. The standard InChI is InChI=1S/C11H24S/c1-10(7-6-8-12-5)9-11(2,3)4/h10H,6-9H2,1-5H3. The molecule has 0 spiro atoms. The highest BCUT2D eigenvalue weighted by Crippen LogP contribution is 2.26. The fraction of sp³-hybridized carbons (Fsp3) is 1.00. The second-order valence-electron chi connectivity index (χ2n) is 5.00. The van der Waals surface area contributed by atoms with Crippen LogP contribution in [0.5, 0.6) is 0 Å². The van der Waals surface area contributed by atoms with Crippen LogP contribution in [0.4, 0.5) is 0 Å². The molecule has 1 unspecified atom stereocenters. The van der Waals surface area contributed by atoms with Crippen molar-refractivity contribution in [3.8, 4) is 0 Å². The van der Waals surface area contributed by atoms with Crippen molar-refractivity contribution in [2.24, 2.45) is 11.3 Å². The Morgan fingerprint density at radius 3 is 2.25 bits per heavy atom. The normalized spacial score (nSPS) is 14.8. The van der Waals surface area contributed by atoms with Gasteiger partial charge in [0.05, 0.1) is 0 Å². The minimum atomic E-state index is 0.513. The van der Waals surface area contributed by atoms with Gasteiger partial charge in [0.1, 0.15) is 0 Å². The molecule has 0 saturated carbocycles. The Hall–Kier alpha value is 0.350. The molecule has 0 N–H and O–H groups in total. The molecule has 0 aliphatic carbocycles. The van der Waals surface area contributed by atoms with Gasteiger partial charge in [-0.25, -0.2) is 0 Å². The number of rotatable bonds is 5. The van der Waals surface area contributed by atoms with Crippen molar-refractivity contribution in [3.63, 3.8) is 0 Å². The predicted molar refractivity (Wildman–Crippen MR) is 60.9 cm³/mol. The van der Waals surface area contributed by atoms with Gasteiger partial charge in [-0.3, -0.25) is 0 Å². The van der Waals surface area contributed by atoms with Gasteiger partial charge in [0, 0.05) is 0 Å². The Labute approximate surface area is 82.5 Å². The molecule has 0 radical (unpaired) electrons. The molecule has 74 valence electrons. The van der Waals surface area contributed by atoms with Crippen LogP contribution in [0.2, 0.25) is 0 Å². The fourth-order valence-electron chi connectivity index (χ4n) is 1.72. The van der Waals surface area contributed by atoms with E-state index < -0.39 is 0 Å². The molecule has 1 atom stereocenters. The summed E-state index contributed by atoms with van der Waals surface area (Å²) < 4.78 is 0. The third-order valence-electron chi connectivity index (χ3n) is 2.01. The Morgan fingerprint density at radius 2 is 1.83 bits per heavy atom. The van der Waals surface area contributed by atoms with E-state index in [1.807, 2.05) is 11.8 Å². The van der Waals surface area contributed by atoms with E-state index >= 15 is 0 Å². The van der Waals surface area contributed by atoms with Crippen LogP contribution in [0, 0.1) is 11.3 Å². The monoisotopic (exact) mass is 188 g/mol. The molecular formula is C11H24S. The zero-order chi connectivity index (χ0) is 9.61. The smallest absolute Gasteiger partial charge is 0.00702 e. The van der Waals surface area contributed by atoms with E-state index in [0.29, 0.717) is 5.41 Å². The molecule has 0 bridgehead atoms. The van der Waals surface area contributed by atoms with Crippen molar-refractivity contribution < 1.29 is 0 Å². The lowest BCUT2D eigenvalue weighted by molar-refractivity contribution is 0.296. The molecule has 0 aromatic carbocycles. The van der Waals surface area contributed by atoms with E-state index in [4.69, 9.17) is 0 Å². The van der Waals surface area contributed by atoms with E-state index in [2.05, 4.69) is 34.0 Å². The molecule has 0 nitrogen and oxygen atoms in total. The molecular weight excluding hydrogens is 164 g/mol. The van der Waals surface area contributed by atoms with Gasteiger partial charge in [0.2, 0.25) is 0 Å². The van der Waals surface area contributed by atoms with Crippen molar-refractivity contribution in [2.75, 3.05) is 12.0 Å². The molecule has 0 aliphatic rings. The van der Waals surface area contributed by atoms with Gasteiger partial charge >= 0.3 is 0 Å². The summed E-state index contributed by atoms with van der Waals surface area (Å²) in [5.74, 6) is 2.23. The first-order valence-electron chi connectivity index (χ1n) is 4.94. The zero-order valence-electron chi connectivity index (χ0n) is 9.31. The molecule has 0 aliphatic heterocycles. The van der Waals surface area contributed by atoms with Crippen molar-refractivity contribution in [1.82, 2.24) is 0 Å². The van der Waals surface area contributed by atoms with E-state index in [-0.39, 0.29) is 0 Å². The highest BCUT2D eigenvalue weighted by molar-refractivity contribution is 7.98. The molecule has 0 fully saturated rings. The summed E-state index contributed by atoms with van der Waals surface area (Å²) in [6.45, 7) is 9.37. The van der Waals surface area contributed by atoms with Gasteiger partial charge in [0.15, 0.2) is 0 Å². The summed E-state index contributed by atoms with van der Waals surface area (Å²) in [4.78, 5) is 0. The fourth-order valence-corrected chi connectivity index (χ4v) is 2.18.